The van der Waals surface area contributed by atoms with E-state index in [4.69, 9.17) is 15.0 Å². The Kier molecular flexibility index (Phi) is 1.41. The summed E-state index contributed by atoms with van der Waals surface area (Å²) in [4.78, 5) is 0. The third kappa shape index (κ3) is 1.05. The lowest BCUT2D eigenvalue weighted by atomic mass is 9.87. The van der Waals surface area contributed by atoms with Crippen LogP contribution in [0.1, 0.15) is 30.9 Å². The van der Waals surface area contributed by atoms with Gasteiger partial charge in [0.1, 0.15) is 0 Å². The Hall–Kier alpha value is -1.03. The van der Waals surface area contributed by atoms with Crippen molar-refractivity contribution >= 4 is 5.88 Å². The van der Waals surface area contributed by atoms with Gasteiger partial charge in [-0.15, -0.1) is 0 Å². The van der Waals surface area contributed by atoms with Crippen LogP contribution in [-0.4, -0.2) is 17.4 Å². The predicted molar refractivity (Wildman–Crippen MR) is 46.2 cm³/mol. The molecule has 1 aromatic rings. The lowest BCUT2D eigenvalue weighted by molar-refractivity contribution is 0.0999. The lowest BCUT2D eigenvalue weighted by Gasteiger charge is -2.14. The van der Waals surface area contributed by atoms with Crippen LogP contribution in [0, 0.1) is 0 Å². The molecule has 13 heavy (non-hydrogen) atoms. The molecule has 2 fully saturated rings. The van der Waals surface area contributed by atoms with E-state index in [1.807, 2.05) is 6.07 Å². The highest BCUT2D eigenvalue weighted by Gasteiger charge is 2.42. The lowest BCUT2D eigenvalue weighted by Crippen LogP contribution is -2.14. The van der Waals surface area contributed by atoms with Crippen molar-refractivity contribution in [3.05, 3.63) is 11.8 Å². The van der Waals surface area contributed by atoms with Crippen LogP contribution in [0.15, 0.2) is 10.6 Å². The normalized spacial score (nSPS) is 37.1. The molecule has 0 radical (unpaired) electrons. The molecule has 4 nitrogen and oxygen atoms in total. The van der Waals surface area contributed by atoms with E-state index >= 15 is 0 Å². The minimum Gasteiger partial charge on any atom is -0.374 e. The summed E-state index contributed by atoms with van der Waals surface area (Å²) in [5.74, 6) is 0.817. The summed E-state index contributed by atoms with van der Waals surface area (Å²) in [6.07, 6.45) is 4.25. The van der Waals surface area contributed by atoms with Crippen LogP contribution in [-0.2, 0) is 4.74 Å². The van der Waals surface area contributed by atoms with Gasteiger partial charge in [-0.1, -0.05) is 5.16 Å². The number of anilines is 1. The largest absolute Gasteiger partial charge is 0.374 e. The number of hydrogen-bond donors (Lipinski definition) is 1. The number of nitrogens with zero attached hydrogens (tertiary/aromatic N) is 1. The van der Waals surface area contributed by atoms with Crippen molar-refractivity contribution in [3.8, 4) is 0 Å². The number of fused-ring (bicyclic) bond motifs is 2. The SMILES string of the molecule is Nc1cc(C2CC3CCC2O3)no1. The van der Waals surface area contributed by atoms with Gasteiger partial charge in [0.25, 0.3) is 0 Å². The maximum Gasteiger partial charge on any atom is 0.222 e. The number of rotatable bonds is 1. The number of ether oxygens (including phenoxy) is 1. The van der Waals surface area contributed by atoms with Crippen LogP contribution in [0.25, 0.3) is 0 Å². The van der Waals surface area contributed by atoms with Gasteiger partial charge in [0, 0.05) is 12.0 Å². The smallest absolute Gasteiger partial charge is 0.222 e. The van der Waals surface area contributed by atoms with E-state index in [2.05, 4.69) is 5.16 Å². The Bertz CT molecular complexity index is 323. The zero-order chi connectivity index (χ0) is 8.84. The first-order valence-corrected chi connectivity index (χ1v) is 4.70. The molecule has 4 heteroatoms. The molecule has 2 N–H and O–H groups in total. The van der Waals surface area contributed by atoms with Gasteiger partial charge in [-0.3, -0.25) is 0 Å². The van der Waals surface area contributed by atoms with E-state index in [1.165, 1.54) is 6.42 Å². The first-order chi connectivity index (χ1) is 6.33. The zero-order valence-electron chi connectivity index (χ0n) is 7.27. The fourth-order valence-electron chi connectivity index (χ4n) is 2.43. The van der Waals surface area contributed by atoms with Crippen molar-refractivity contribution in [2.75, 3.05) is 5.73 Å². The van der Waals surface area contributed by atoms with Crippen LogP contribution in [0.3, 0.4) is 0 Å². The summed E-state index contributed by atoms with van der Waals surface area (Å²) in [5.41, 5.74) is 6.44. The van der Waals surface area contributed by atoms with E-state index in [-0.39, 0.29) is 0 Å². The van der Waals surface area contributed by atoms with Gasteiger partial charge in [-0.25, -0.2) is 0 Å². The molecule has 2 saturated heterocycles. The molecular formula is C9H12N2O2. The highest BCUT2D eigenvalue weighted by Crippen LogP contribution is 2.44. The summed E-state index contributed by atoms with van der Waals surface area (Å²) in [7, 11) is 0. The second kappa shape index (κ2) is 2.48. The van der Waals surface area contributed by atoms with Gasteiger partial charge >= 0.3 is 0 Å². The fourth-order valence-corrected chi connectivity index (χ4v) is 2.43. The number of hydrogen-bond acceptors (Lipinski definition) is 4. The molecule has 3 rings (SSSR count). The number of nitrogens with two attached hydrogens (primary N) is 1. The minimum absolute atomic E-state index is 0.356. The first-order valence-electron chi connectivity index (χ1n) is 4.70. The van der Waals surface area contributed by atoms with Gasteiger partial charge in [-0.2, -0.15) is 0 Å². The molecule has 1 aromatic heterocycles. The molecule has 2 bridgehead atoms. The molecule has 0 aromatic carbocycles. The van der Waals surface area contributed by atoms with Crippen molar-refractivity contribution in [3.63, 3.8) is 0 Å². The van der Waals surface area contributed by atoms with Gasteiger partial charge < -0.3 is 15.0 Å². The molecule has 0 saturated carbocycles. The number of nitrogen functional groups attached to an aromatic ring is 1. The molecule has 0 aliphatic carbocycles. The molecular weight excluding hydrogens is 168 g/mol. The molecule has 3 atom stereocenters. The molecule has 3 unspecified atom stereocenters. The van der Waals surface area contributed by atoms with Gasteiger partial charge in [0.15, 0.2) is 0 Å². The third-order valence-electron chi connectivity index (χ3n) is 3.03. The molecule has 70 valence electrons. The van der Waals surface area contributed by atoms with Crippen LogP contribution in [0.5, 0.6) is 0 Å². The van der Waals surface area contributed by atoms with E-state index in [0.717, 1.165) is 18.5 Å². The molecule has 0 spiro atoms. The van der Waals surface area contributed by atoms with Crippen molar-refractivity contribution in [2.24, 2.45) is 0 Å². The second-order valence-corrected chi connectivity index (χ2v) is 3.87. The van der Waals surface area contributed by atoms with Crippen molar-refractivity contribution < 1.29 is 9.26 Å². The second-order valence-electron chi connectivity index (χ2n) is 3.87. The predicted octanol–water partition coefficient (Wildman–Crippen LogP) is 1.29. The maximum atomic E-state index is 5.73. The summed E-state index contributed by atoms with van der Waals surface area (Å²) < 4.78 is 10.6. The van der Waals surface area contributed by atoms with E-state index < -0.39 is 0 Å². The molecule has 3 heterocycles. The maximum absolute atomic E-state index is 5.73. The summed E-state index contributed by atoms with van der Waals surface area (Å²) >= 11 is 0. The van der Waals surface area contributed by atoms with E-state index in [0.29, 0.717) is 24.0 Å². The first kappa shape index (κ1) is 7.38. The van der Waals surface area contributed by atoms with Gasteiger partial charge in [0.2, 0.25) is 5.88 Å². The Morgan fingerprint density at radius 3 is 2.92 bits per heavy atom. The standard InChI is InChI=1S/C9H12N2O2/c10-9-4-7(11-13-9)6-3-5-1-2-8(6)12-5/h4-6,8H,1-3,10H2. The Labute approximate surface area is 76.0 Å². The summed E-state index contributed by atoms with van der Waals surface area (Å²) in [6.45, 7) is 0. The highest BCUT2D eigenvalue weighted by molar-refractivity contribution is 5.28. The Morgan fingerprint density at radius 1 is 1.46 bits per heavy atom. The van der Waals surface area contributed by atoms with Crippen molar-refractivity contribution in [2.45, 2.75) is 37.4 Å². The summed E-state index contributed by atoms with van der Waals surface area (Å²) in [6, 6.07) is 1.81. The minimum atomic E-state index is 0.356. The third-order valence-corrected chi connectivity index (χ3v) is 3.03. The zero-order valence-corrected chi connectivity index (χ0v) is 7.27. The highest BCUT2D eigenvalue weighted by atomic mass is 16.5. The average Bonchev–Trinajstić information content (AvgIpc) is 2.77. The number of aromatic nitrogens is 1. The van der Waals surface area contributed by atoms with Crippen LogP contribution < -0.4 is 5.73 Å². The Balaban J connectivity index is 1.87. The summed E-state index contributed by atoms with van der Waals surface area (Å²) in [5, 5.41) is 3.94. The molecule has 2 aliphatic rings. The monoisotopic (exact) mass is 180 g/mol. The van der Waals surface area contributed by atoms with E-state index in [9.17, 15) is 0 Å². The molecule has 0 amide bonds. The van der Waals surface area contributed by atoms with Gasteiger partial charge in [-0.05, 0) is 19.3 Å². The quantitative estimate of drug-likeness (QED) is 0.707. The Morgan fingerprint density at radius 2 is 2.38 bits per heavy atom. The average molecular weight is 180 g/mol. The van der Waals surface area contributed by atoms with Crippen LogP contribution >= 0.6 is 0 Å². The van der Waals surface area contributed by atoms with Crippen molar-refractivity contribution in [1.29, 1.82) is 0 Å². The van der Waals surface area contributed by atoms with Gasteiger partial charge in [0.05, 0.1) is 17.9 Å². The fraction of sp³-hybridized carbons (Fsp3) is 0.667. The van der Waals surface area contributed by atoms with E-state index in [1.54, 1.807) is 0 Å². The van der Waals surface area contributed by atoms with Crippen LogP contribution in [0.4, 0.5) is 5.88 Å². The molecule has 2 aliphatic heterocycles. The van der Waals surface area contributed by atoms with Crippen molar-refractivity contribution in [1.82, 2.24) is 5.16 Å². The van der Waals surface area contributed by atoms with Crippen LogP contribution in [0.2, 0.25) is 0 Å². The topological polar surface area (TPSA) is 61.3 Å².